The minimum atomic E-state index is -4.36. The molecule has 0 aliphatic heterocycles. The van der Waals surface area contributed by atoms with Crippen molar-refractivity contribution in [2.75, 3.05) is 0 Å². The molecule has 0 amide bonds. The molecule has 10 rings (SSSR count). The SMILES string of the molecule is Cc1ccc(-c2ccc(-c3ccc(C)cc3)c3c2C=C(CCc2ccccc2)[CH]3[Zr]([CH3])([CH3])(=[SiH2])[CH]2C(CCc3ccccc3)=Cc3c(-c4ccc(C)cc4)ccc(-c4ccc(C)cc4)c32)cc1.Cl.Cl. The van der Waals surface area contributed by atoms with Crippen molar-refractivity contribution in [1.82, 2.24) is 0 Å². The zero-order chi connectivity index (χ0) is 45.6. The van der Waals surface area contributed by atoms with Crippen LogP contribution < -0.4 is 0 Å². The number of rotatable bonds is 12. The molecule has 0 fully saturated rings. The smallest absolute Gasteiger partial charge is 0.147 e. The second kappa shape index (κ2) is 20.1. The van der Waals surface area contributed by atoms with Gasteiger partial charge in [-0.05, 0) is 0 Å². The van der Waals surface area contributed by atoms with Gasteiger partial charge in [0, 0.05) is 0 Å². The molecular formula is C64H64Cl2SiZr. The van der Waals surface area contributed by atoms with Gasteiger partial charge in [0.25, 0.3) is 0 Å². The van der Waals surface area contributed by atoms with E-state index >= 15 is 0 Å². The van der Waals surface area contributed by atoms with Gasteiger partial charge in [0.1, 0.15) is 0 Å². The average molecular weight is 1020 g/mol. The maximum atomic E-state index is 2.86. The number of hydrogen-bond donors (Lipinski definition) is 0. The van der Waals surface area contributed by atoms with Crippen molar-refractivity contribution >= 4 is 43.8 Å². The minimum Gasteiger partial charge on any atom is -0.147 e. The maximum absolute atomic E-state index is 4.36. The topological polar surface area (TPSA) is 0 Å². The Morgan fingerprint density at radius 1 is 0.353 bits per heavy atom. The molecule has 2 atom stereocenters. The van der Waals surface area contributed by atoms with E-state index in [-0.39, 0.29) is 24.8 Å². The van der Waals surface area contributed by atoms with Gasteiger partial charge >= 0.3 is 400 Å². The fraction of sp³-hybridized carbons (Fsp3) is 0.188. The van der Waals surface area contributed by atoms with Gasteiger partial charge < -0.3 is 0 Å². The van der Waals surface area contributed by atoms with Gasteiger partial charge in [-0.3, -0.25) is 0 Å². The summed E-state index contributed by atoms with van der Waals surface area (Å²) >= 11 is -4.36. The number of allylic oxidation sites excluding steroid dienone is 2. The number of fused-ring (bicyclic) bond motifs is 2. The maximum Gasteiger partial charge on any atom is -0.147 e. The third kappa shape index (κ3) is 9.60. The Balaban J connectivity index is 0.00000312. The van der Waals surface area contributed by atoms with Crippen molar-refractivity contribution in [1.29, 1.82) is 0 Å². The summed E-state index contributed by atoms with van der Waals surface area (Å²) in [7, 11) is 0. The third-order valence-corrected chi connectivity index (χ3v) is 32.4. The fourth-order valence-electron chi connectivity index (χ4n) is 11.7. The second-order valence-corrected chi connectivity index (χ2v) is 51.1. The van der Waals surface area contributed by atoms with Crippen LogP contribution in [-0.2, 0) is 30.2 Å². The van der Waals surface area contributed by atoms with Crippen LogP contribution in [0.2, 0.25) is 9.26 Å². The van der Waals surface area contributed by atoms with Crippen molar-refractivity contribution < 1.29 is 17.4 Å². The van der Waals surface area contributed by atoms with Crippen LogP contribution in [0.15, 0.2) is 193 Å². The molecule has 8 aromatic carbocycles. The fourth-order valence-corrected chi connectivity index (χ4v) is 31.3. The quantitative estimate of drug-likeness (QED) is 0.107. The van der Waals surface area contributed by atoms with E-state index < -0.39 is 17.4 Å². The summed E-state index contributed by atoms with van der Waals surface area (Å²) in [5.74, 6) is 0. The predicted octanol–water partition coefficient (Wildman–Crippen LogP) is 17.6. The standard InChI is InChI=1S/2C31H27.2CH3.2ClH.H2Si.Zr/c2*1-22-8-14-26(15-9-22)28-18-19-29(27-16-10-23(2)11-17-27)31-21-25(20-30(28)31)13-12-24-6-4-3-5-7-24;;;;;;/h2*3-11,14-21H,12-13H2,1-2H3;2*1H3;2*1H;1H2;. The summed E-state index contributed by atoms with van der Waals surface area (Å²) < 4.78 is 6.35. The Hall–Kier alpha value is -5.08. The van der Waals surface area contributed by atoms with Crippen LogP contribution >= 0.6 is 24.8 Å². The van der Waals surface area contributed by atoms with Crippen LogP contribution in [0.3, 0.4) is 0 Å². The van der Waals surface area contributed by atoms with Gasteiger partial charge in [-0.1, -0.05) is 0 Å². The summed E-state index contributed by atoms with van der Waals surface area (Å²) in [6, 6.07) is 69.5. The van der Waals surface area contributed by atoms with E-state index in [1.165, 1.54) is 89.0 Å². The molecule has 342 valence electrons. The summed E-state index contributed by atoms with van der Waals surface area (Å²) in [6.45, 7) is 11.3. The van der Waals surface area contributed by atoms with Gasteiger partial charge in [-0.15, -0.1) is 24.8 Å². The van der Waals surface area contributed by atoms with E-state index in [2.05, 4.69) is 238 Å². The molecule has 0 N–H and O–H groups in total. The molecule has 0 aromatic heterocycles. The van der Waals surface area contributed by atoms with Crippen LogP contribution in [0, 0.1) is 27.7 Å². The van der Waals surface area contributed by atoms with Crippen molar-refractivity contribution in [3.63, 3.8) is 0 Å². The molecule has 0 radical (unpaired) electrons. The average Bonchev–Trinajstić information content (AvgIpc) is 3.93. The van der Waals surface area contributed by atoms with Crippen LogP contribution in [-0.4, -0.2) is 6.88 Å². The van der Waals surface area contributed by atoms with Crippen LogP contribution in [0.4, 0.5) is 0 Å². The Morgan fingerprint density at radius 3 is 0.941 bits per heavy atom. The molecule has 68 heavy (non-hydrogen) atoms. The second-order valence-electron chi connectivity index (χ2n) is 20.7. The van der Waals surface area contributed by atoms with Gasteiger partial charge in [0.15, 0.2) is 0 Å². The van der Waals surface area contributed by atoms with E-state index in [0.29, 0.717) is 7.25 Å². The Kier molecular flexibility index (Phi) is 14.6. The summed E-state index contributed by atoms with van der Waals surface area (Å²) in [6.07, 6.45) is 9.49. The normalized spacial score (nSPS) is 15.1. The zero-order valence-corrected chi connectivity index (χ0v) is 46.0. The monoisotopic (exact) mass is 1020 g/mol. The molecule has 0 saturated heterocycles. The van der Waals surface area contributed by atoms with Crippen LogP contribution in [0.25, 0.3) is 56.7 Å². The Labute approximate surface area is 421 Å². The molecule has 8 aromatic rings. The van der Waals surface area contributed by atoms with Crippen molar-refractivity contribution in [2.45, 2.75) is 69.9 Å². The van der Waals surface area contributed by atoms with Gasteiger partial charge in [-0.25, -0.2) is 0 Å². The van der Waals surface area contributed by atoms with E-state index in [0.717, 1.165) is 25.7 Å². The van der Waals surface area contributed by atoms with Crippen molar-refractivity contribution in [3.8, 4) is 44.5 Å². The van der Waals surface area contributed by atoms with Gasteiger partial charge in [0.2, 0.25) is 0 Å². The third-order valence-electron chi connectivity index (χ3n) is 15.0. The van der Waals surface area contributed by atoms with E-state index in [4.69, 9.17) is 0 Å². The molecule has 2 unspecified atom stereocenters. The first-order valence-corrected chi connectivity index (χ1v) is 37.8. The summed E-state index contributed by atoms with van der Waals surface area (Å²) in [5, 5.41) is 0. The molecular weight excluding hydrogens is 959 g/mol. The first kappa shape index (κ1) is 49.3. The zero-order valence-electron chi connectivity index (χ0n) is 40.5. The number of benzene rings is 8. The molecule has 4 heteroatoms. The van der Waals surface area contributed by atoms with Crippen LogP contribution in [0.5, 0.6) is 0 Å². The summed E-state index contributed by atoms with van der Waals surface area (Å²) in [4.78, 5) is 0. The molecule has 0 spiro atoms. The predicted molar refractivity (Wildman–Crippen MR) is 299 cm³/mol. The molecule has 0 saturated carbocycles. The Bertz CT molecular complexity index is 3000. The Morgan fingerprint density at radius 2 is 0.632 bits per heavy atom. The first-order valence-electron chi connectivity index (χ1n) is 24.1. The van der Waals surface area contributed by atoms with Crippen molar-refractivity contribution in [2.24, 2.45) is 0 Å². The van der Waals surface area contributed by atoms with Gasteiger partial charge in [0.05, 0.1) is 0 Å². The first-order chi connectivity index (χ1) is 31.9. The van der Waals surface area contributed by atoms with Crippen LogP contribution in [0.1, 0.15) is 75.7 Å². The van der Waals surface area contributed by atoms with Crippen molar-refractivity contribution in [3.05, 3.63) is 249 Å². The van der Waals surface area contributed by atoms with E-state index in [1.54, 1.807) is 22.3 Å². The van der Waals surface area contributed by atoms with E-state index in [1.807, 2.05) is 0 Å². The molecule has 0 nitrogen and oxygen atoms in total. The van der Waals surface area contributed by atoms with Gasteiger partial charge in [-0.2, -0.15) is 0 Å². The molecule has 0 heterocycles. The minimum absolute atomic E-state index is 0. The summed E-state index contributed by atoms with van der Waals surface area (Å²) in [5.41, 5.74) is 27.9. The molecule has 0 bridgehead atoms. The molecule has 2 aliphatic carbocycles. The number of aryl methyl sites for hydroxylation is 6. The van der Waals surface area contributed by atoms with E-state index in [9.17, 15) is 0 Å². The number of hydrogen-bond acceptors (Lipinski definition) is 0. The molecule has 2 aliphatic rings. The largest absolute Gasteiger partial charge is 0.147 e. The number of halogens is 2.